The monoisotopic (exact) mass is 354 g/mol. The fourth-order valence-corrected chi connectivity index (χ4v) is 2.70. The summed E-state index contributed by atoms with van der Waals surface area (Å²) in [6.45, 7) is 4.13. The van der Waals surface area contributed by atoms with Crippen molar-refractivity contribution < 1.29 is 14.3 Å². The van der Waals surface area contributed by atoms with Gasteiger partial charge in [0.05, 0.1) is 19.8 Å². The van der Waals surface area contributed by atoms with Crippen molar-refractivity contribution in [2.24, 2.45) is 0 Å². The molecule has 1 N–H and O–H groups in total. The summed E-state index contributed by atoms with van der Waals surface area (Å²) in [5, 5.41) is 2.79. The van der Waals surface area contributed by atoms with Crippen LogP contribution in [0.2, 0.25) is 0 Å². The lowest BCUT2D eigenvalue weighted by Gasteiger charge is -2.33. The summed E-state index contributed by atoms with van der Waals surface area (Å²) in [5.41, 5.74) is 0.644. The maximum atomic E-state index is 12.4. The number of ether oxygens (including phenoxy) is 1. The van der Waals surface area contributed by atoms with E-state index in [1.54, 1.807) is 12.1 Å². The van der Waals surface area contributed by atoms with Crippen molar-refractivity contribution in [3.8, 4) is 0 Å². The fraction of sp³-hybridized carbons (Fsp3) is 0.467. The number of hydrogen-bond acceptors (Lipinski definition) is 4. The molecule has 0 bridgehead atoms. The molecular formula is C15H19BrN2O3. The van der Waals surface area contributed by atoms with Gasteiger partial charge in [-0.1, -0.05) is 28.1 Å². The Bertz CT molecular complexity index is 521. The molecule has 0 aliphatic carbocycles. The van der Waals surface area contributed by atoms with Crippen LogP contribution in [0, 0.1) is 0 Å². The van der Waals surface area contributed by atoms with Crippen molar-refractivity contribution in [3.05, 3.63) is 34.3 Å². The van der Waals surface area contributed by atoms with Gasteiger partial charge in [0.25, 0.3) is 0 Å². The van der Waals surface area contributed by atoms with Gasteiger partial charge in [-0.25, -0.2) is 0 Å². The molecule has 1 fully saturated rings. The summed E-state index contributed by atoms with van der Waals surface area (Å²) in [6.07, 6.45) is 0. The van der Waals surface area contributed by atoms with E-state index in [9.17, 15) is 9.59 Å². The molecule has 1 atom stereocenters. The highest BCUT2D eigenvalue weighted by molar-refractivity contribution is 9.10. The van der Waals surface area contributed by atoms with Crippen LogP contribution in [0.25, 0.3) is 0 Å². The molecule has 1 heterocycles. The van der Waals surface area contributed by atoms with Crippen molar-refractivity contribution in [1.29, 1.82) is 0 Å². The van der Waals surface area contributed by atoms with Gasteiger partial charge in [0.2, 0.25) is 5.91 Å². The lowest BCUT2D eigenvalue weighted by molar-refractivity contribution is -0.131. The largest absolute Gasteiger partial charge is 0.378 e. The number of hydrogen-bond donors (Lipinski definition) is 1. The first-order valence-electron chi connectivity index (χ1n) is 7.00. The van der Waals surface area contributed by atoms with Gasteiger partial charge in [-0.2, -0.15) is 0 Å². The molecule has 1 unspecified atom stereocenters. The number of likely N-dealkylation sites (N-methyl/N-ethyl adjacent to an activating group) is 1. The minimum Gasteiger partial charge on any atom is -0.378 e. The van der Waals surface area contributed by atoms with Crippen LogP contribution in [0.4, 0.5) is 0 Å². The Morgan fingerprint density at radius 1 is 1.48 bits per heavy atom. The number of Topliss-reactive ketones (excluding diaryl/α,β-unsaturated/α-hetero) is 1. The second-order valence-electron chi connectivity index (χ2n) is 4.89. The Morgan fingerprint density at radius 2 is 2.29 bits per heavy atom. The number of carbonyl (C=O) groups is 2. The SMILES string of the molecule is CCNC(=O)C1COCCN1CC(=O)c1cccc(Br)c1. The minimum atomic E-state index is -0.394. The fourth-order valence-electron chi connectivity index (χ4n) is 2.30. The third-order valence-corrected chi connectivity index (χ3v) is 3.88. The second kappa shape index (κ2) is 7.68. The van der Waals surface area contributed by atoms with Crippen LogP contribution in [-0.2, 0) is 9.53 Å². The number of ketones is 1. The molecule has 0 spiro atoms. The zero-order chi connectivity index (χ0) is 15.2. The van der Waals surface area contributed by atoms with Crippen LogP contribution < -0.4 is 5.32 Å². The topological polar surface area (TPSA) is 58.6 Å². The number of benzene rings is 1. The Morgan fingerprint density at radius 3 is 3.00 bits per heavy atom. The maximum Gasteiger partial charge on any atom is 0.239 e. The summed E-state index contributed by atoms with van der Waals surface area (Å²) in [5.74, 6) is -0.0771. The lowest BCUT2D eigenvalue weighted by atomic mass is 10.1. The Hall–Kier alpha value is -1.24. The molecule has 0 aromatic heterocycles. The summed E-state index contributed by atoms with van der Waals surface area (Å²) < 4.78 is 6.24. The van der Waals surface area contributed by atoms with E-state index in [0.29, 0.717) is 31.9 Å². The standard InChI is InChI=1S/C15H19BrN2O3/c1-2-17-15(20)13-10-21-7-6-18(13)9-14(19)11-4-3-5-12(16)8-11/h3-5,8,13H,2,6-7,9-10H2,1H3,(H,17,20). The molecule has 2 rings (SSSR count). The number of morpholine rings is 1. The van der Waals surface area contributed by atoms with Crippen LogP contribution in [0.1, 0.15) is 17.3 Å². The highest BCUT2D eigenvalue weighted by atomic mass is 79.9. The predicted molar refractivity (Wildman–Crippen MR) is 83.3 cm³/mol. The summed E-state index contributed by atoms with van der Waals surface area (Å²) in [4.78, 5) is 26.3. The molecule has 21 heavy (non-hydrogen) atoms. The Kier molecular flexibility index (Phi) is 5.90. The Labute approximate surface area is 132 Å². The van der Waals surface area contributed by atoms with Crippen molar-refractivity contribution in [2.45, 2.75) is 13.0 Å². The van der Waals surface area contributed by atoms with Crippen molar-refractivity contribution >= 4 is 27.6 Å². The average Bonchev–Trinajstić information content (AvgIpc) is 2.48. The third kappa shape index (κ3) is 4.36. The van der Waals surface area contributed by atoms with E-state index in [4.69, 9.17) is 4.74 Å². The highest BCUT2D eigenvalue weighted by Crippen LogP contribution is 2.14. The molecule has 5 nitrogen and oxygen atoms in total. The van der Waals surface area contributed by atoms with Crippen LogP contribution in [0.15, 0.2) is 28.7 Å². The molecule has 6 heteroatoms. The van der Waals surface area contributed by atoms with Crippen LogP contribution in [-0.4, -0.2) is 55.5 Å². The van der Waals surface area contributed by atoms with Gasteiger partial charge >= 0.3 is 0 Å². The first-order valence-corrected chi connectivity index (χ1v) is 7.79. The van der Waals surface area contributed by atoms with Gasteiger partial charge < -0.3 is 10.1 Å². The van der Waals surface area contributed by atoms with Crippen LogP contribution in [0.3, 0.4) is 0 Å². The molecule has 1 aromatic carbocycles. The van der Waals surface area contributed by atoms with Gasteiger partial charge in [0, 0.05) is 23.1 Å². The summed E-state index contributed by atoms with van der Waals surface area (Å²) >= 11 is 3.36. The van der Waals surface area contributed by atoms with Crippen LogP contribution >= 0.6 is 15.9 Å². The predicted octanol–water partition coefficient (Wildman–Crippen LogP) is 1.47. The van der Waals surface area contributed by atoms with Crippen molar-refractivity contribution in [3.63, 3.8) is 0 Å². The molecule has 1 aromatic rings. The van der Waals surface area contributed by atoms with E-state index in [1.807, 2.05) is 24.0 Å². The number of carbonyl (C=O) groups excluding carboxylic acids is 2. The van der Waals surface area contributed by atoms with Gasteiger partial charge in [-0.05, 0) is 19.1 Å². The first kappa shape index (κ1) is 16.1. The molecule has 0 radical (unpaired) electrons. The number of nitrogens with zero attached hydrogens (tertiary/aromatic N) is 1. The quantitative estimate of drug-likeness (QED) is 0.813. The van der Waals surface area contributed by atoms with E-state index in [1.165, 1.54) is 0 Å². The summed E-state index contributed by atoms with van der Waals surface area (Å²) in [6, 6.07) is 6.90. The van der Waals surface area contributed by atoms with Gasteiger partial charge in [-0.15, -0.1) is 0 Å². The Balaban J connectivity index is 2.05. The summed E-state index contributed by atoms with van der Waals surface area (Å²) in [7, 11) is 0. The van der Waals surface area contributed by atoms with E-state index >= 15 is 0 Å². The second-order valence-corrected chi connectivity index (χ2v) is 5.80. The van der Waals surface area contributed by atoms with E-state index < -0.39 is 6.04 Å². The number of halogens is 1. The molecule has 1 saturated heterocycles. The van der Waals surface area contributed by atoms with Gasteiger partial charge in [0.1, 0.15) is 6.04 Å². The van der Waals surface area contributed by atoms with E-state index in [0.717, 1.165) is 4.47 Å². The van der Waals surface area contributed by atoms with Crippen molar-refractivity contribution in [2.75, 3.05) is 32.8 Å². The smallest absolute Gasteiger partial charge is 0.239 e. The minimum absolute atomic E-state index is 0.00694. The van der Waals surface area contributed by atoms with Crippen LogP contribution in [0.5, 0.6) is 0 Å². The number of nitrogens with one attached hydrogen (secondary N) is 1. The molecule has 1 aliphatic rings. The molecule has 114 valence electrons. The molecule has 1 amide bonds. The molecule has 1 aliphatic heterocycles. The zero-order valence-electron chi connectivity index (χ0n) is 12.0. The molecular weight excluding hydrogens is 336 g/mol. The first-order chi connectivity index (χ1) is 10.1. The lowest BCUT2D eigenvalue weighted by Crippen LogP contribution is -2.55. The zero-order valence-corrected chi connectivity index (χ0v) is 13.6. The van der Waals surface area contributed by atoms with E-state index in [-0.39, 0.29) is 18.2 Å². The molecule has 0 saturated carbocycles. The third-order valence-electron chi connectivity index (χ3n) is 3.39. The highest BCUT2D eigenvalue weighted by Gasteiger charge is 2.30. The van der Waals surface area contributed by atoms with Crippen molar-refractivity contribution in [1.82, 2.24) is 10.2 Å². The van der Waals surface area contributed by atoms with Gasteiger partial charge in [-0.3, -0.25) is 14.5 Å². The van der Waals surface area contributed by atoms with E-state index in [2.05, 4.69) is 21.2 Å². The average molecular weight is 355 g/mol. The maximum absolute atomic E-state index is 12.4. The van der Waals surface area contributed by atoms with Gasteiger partial charge in [0.15, 0.2) is 5.78 Å². The number of rotatable bonds is 5. The normalized spacial score (nSPS) is 19.2. The number of amides is 1.